The van der Waals surface area contributed by atoms with Crippen LogP contribution in [0.2, 0.25) is 5.15 Å². The Hall–Kier alpha value is -1.07. The van der Waals surface area contributed by atoms with Crippen molar-refractivity contribution in [1.29, 1.82) is 0 Å². The molecule has 0 aliphatic heterocycles. The first-order valence-electron chi connectivity index (χ1n) is 6.15. The minimum absolute atomic E-state index is 0.258. The molecule has 5 nitrogen and oxygen atoms in total. The molecule has 2 N–H and O–H groups in total. The Morgan fingerprint density at radius 1 is 1.44 bits per heavy atom. The minimum atomic E-state index is 0.258. The van der Waals surface area contributed by atoms with Gasteiger partial charge in [-0.05, 0) is 24.7 Å². The van der Waals surface area contributed by atoms with Gasteiger partial charge >= 0.3 is 0 Å². The summed E-state index contributed by atoms with van der Waals surface area (Å²) in [6.07, 6.45) is 4.83. The predicted molar refractivity (Wildman–Crippen MR) is 70.0 cm³/mol. The van der Waals surface area contributed by atoms with Crippen LogP contribution in [0.5, 0.6) is 5.75 Å². The van der Waals surface area contributed by atoms with Crippen LogP contribution < -0.4 is 10.1 Å². The number of nitrogens with zero attached hydrogens (tertiary/aromatic N) is 2. The van der Waals surface area contributed by atoms with Crippen molar-refractivity contribution in [3.63, 3.8) is 0 Å². The molecule has 1 heterocycles. The second-order valence-corrected chi connectivity index (χ2v) is 4.92. The molecule has 1 fully saturated rings. The predicted octanol–water partition coefficient (Wildman–Crippen LogP) is 1.96. The van der Waals surface area contributed by atoms with Crippen molar-refractivity contribution in [1.82, 2.24) is 9.97 Å². The summed E-state index contributed by atoms with van der Waals surface area (Å²) in [6, 6.07) is 0. The van der Waals surface area contributed by atoms with E-state index in [2.05, 4.69) is 15.3 Å². The van der Waals surface area contributed by atoms with Crippen molar-refractivity contribution in [3.8, 4) is 5.75 Å². The lowest BCUT2D eigenvalue weighted by atomic mass is 9.97. The Morgan fingerprint density at radius 3 is 2.94 bits per heavy atom. The zero-order chi connectivity index (χ0) is 13.0. The number of anilines is 1. The smallest absolute Gasteiger partial charge is 0.198 e. The number of nitrogens with one attached hydrogen (secondary N) is 1. The third-order valence-corrected chi connectivity index (χ3v) is 3.82. The van der Waals surface area contributed by atoms with Crippen LogP contribution in [-0.2, 0) is 0 Å². The molecular weight excluding hydrogens is 254 g/mol. The number of halogens is 1. The fraction of sp³-hybridized carbons (Fsp3) is 0.667. The molecule has 0 aromatic carbocycles. The Bertz CT molecular complexity index is 403. The highest BCUT2D eigenvalue weighted by Crippen LogP contribution is 2.33. The van der Waals surface area contributed by atoms with Crippen LogP contribution in [0.1, 0.15) is 19.3 Å². The highest BCUT2D eigenvalue weighted by atomic mass is 35.5. The van der Waals surface area contributed by atoms with E-state index >= 15 is 0 Å². The van der Waals surface area contributed by atoms with Gasteiger partial charge in [0.25, 0.3) is 0 Å². The van der Waals surface area contributed by atoms with Gasteiger partial charge in [-0.1, -0.05) is 18.0 Å². The lowest BCUT2D eigenvalue weighted by Crippen LogP contribution is -2.21. The van der Waals surface area contributed by atoms with Crippen LogP contribution in [0.3, 0.4) is 0 Å². The van der Waals surface area contributed by atoms with E-state index in [1.54, 1.807) is 7.11 Å². The lowest BCUT2D eigenvalue weighted by molar-refractivity contribution is 0.199. The first kappa shape index (κ1) is 13.4. The third kappa shape index (κ3) is 2.84. The molecule has 0 saturated heterocycles. The zero-order valence-corrected chi connectivity index (χ0v) is 11.2. The molecule has 1 aliphatic rings. The van der Waals surface area contributed by atoms with Crippen LogP contribution >= 0.6 is 11.6 Å². The van der Waals surface area contributed by atoms with Crippen LogP contribution in [0.25, 0.3) is 0 Å². The molecule has 1 aliphatic carbocycles. The van der Waals surface area contributed by atoms with E-state index in [-0.39, 0.29) is 6.61 Å². The summed E-state index contributed by atoms with van der Waals surface area (Å²) in [5.74, 6) is 1.95. The molecule has 1 aromatic heterocycles. The van der Waals surface area contributed by atoms with Gasteiger partial charge in [-0.15, -0.1) is 0 Å². The average molecular weight is 272 g/mol. The number of hydrogen-bond acceptors (Lipinski definition) is 5. The zero-order valence-electron chi connectivity index (χ0n) is 10.4. The van der Waals surface area contributed by atoms with Crippen molar-refractivity contribution in [2.24, 2.45) is 11.8 Å². The number of aliphatic hydroxyl groups excluding tert-OH is 1. The molecule has 18 heavy (non-hydrogen) atoms. The first-order chi connectivity index (χ1) is 8.76. The number of aliphatic hydroxyl groups is 1. The van der Waals surface area contributed by atoms with Crippen LogP contribution in [0.4, 0.5) is 5.82 Å². The van der Waals surface area contributed by atoms with Gasteiger partial charge in [0.1, 0.15) is 6.33 Å². The fourth-order valence-corrected chi connectivity index (χ4v) is 2.72. The third-order valence-electron chi connectivity index (χ3n) is 3.55. The molecule has 1 saturated carbocycles. The van der Waals surface area contributed by atoms with Crippen molar-refractivity contribution >= 4 is 17.4 Å². The molecule has 100 valence electrons. The van der Waals surface area contributed by atoms with E-state index in [0.29, 0.717) is 28.6 Å². The summed E-state index contributed by atoms with van der Waals surface area (Å²) < 4.78 is 5.18. The normalized spacial score (nSPS) is 23.1. The van der Waals surface area contributed by atoms with Crippen LogP contribution in [0.15, 0.2) is 6.33 Å². The quantitative estimate of drug-likeness (QED) is 0.802. The summed E-state index contributed by atoms with van der Waals surface area (Å²) in [4.78, 5) is 8.00. The van der Waals surface area contributed by atoms with Gasteiger partial charge in [-0.2, -0.15) is 0 Å². The number of hydrogen-bond donors (Lipinski definition) is 2. The summed E-state index contributed by atoms with van der Waals surface area (Å²) >= 11 is 5.92. The number of aromatic nitrogens is 2. The van der Waals surface area contributed by atoms with E-state index in [1.807, 2.05) is 0 Å². The van der Waals surface area contributed by atoms with E-state index in [9.17, 15) is 5.11 Å². The fourth-order valence-electron chi connectivity index (χ4n) is 2.51. The molecule has 0 amide bonds. The summed E-state index contributed by atoms with van der Waals surface area (Å²) in [5, 5.41) is 12.8. The first-order valence-corrected chi connectivity index (χ1v) is 6.53. The summed E-state index contributed by atoms with van der Waals surface area (Å²) in [7, 11) is 1.54. The van der Waals surface area contributed by atoms with Gasteiger partial charge in [0.2, 0.25) is 0 Å². The van der Waals surface area contributed by atoms with E-state index < -0.39 is 0 Å². The highest BCUT2D eigenvalue weighted by molar-refractivity contribution is 6.31. The average Bonchev–Trinajstić information content (AvgIpc) is 2.83. The maximum absolute atomic E-state index is 9.28. The van der Waals surface area contributed by atoms with Crippen molar-refractivity contribution in [2.45, 2.75) is 19.3 Å². The van der Waals surface area contributed by atoms with Crippen LogP contribution in [0, 0.1) is 11.8 Å². The summed E-state index contributed by atoms with van der Waals surface area (Å²) in [5.41, 5.74) is 0. The number of ether oxygens (including phenoxy) is 1. The Labute approximate surface area is 112 Å². The van der Waals surface area contributed by atoms with E-state index in [1.165, 1.54) is 12.7 Å². The van der Waals surface area contributed by atoms with Crippen molar-refractivity contribution < 1.29 is 9.84 Å². The summed E-state index contributed by atoms with van der Waals surface area (Å²) in [6.45, 7) is 1.03. The molecule has 0 radical (unpaired) electrons. The number of rotatable bonds is 5. The van der Waals surface area contributed by atoms with E-state index in [4.69, 9.17) is 16.3 Å². The largest absolute Gasteiger partial charge is 0.490 e. The highest BCUT2D eigenvalue weighted by Gasteiger charge is 2.26. The van der Waals surface area contributed by atoms with Crippen LogP contribution in [-0.4, -0.2) is 35.3 Å². The topological polar surface area (TPSA) is 67.3 Å². The Kier molecular flexibility index (Phi) is 4.60. The standard InChI is InChI=1S/C12H18ClN3O2/c1-18-10-11(13)15-7-16-12(10)14-5-8-3-2-4-9(8)6-17/h7-9,17H,2-6H2,1H3,(H,14,15,16). The van der Waals surface area contributed by atoms with Gasteiger partial charge in [-0.3, -0.25) is 0 Å². The van der Waals surface area contributed by atoms with Crippen molar-refractivity contribution in [3.05, 3.63) is 11.5 Å². The molecule has 2 unspecified atom stereocenters. The monoisotopic (exact) mass is 271 g/mol. The van der Waals surface area contributed by atoms with Crippen molar-refractivity contribution in [2.75, 3.05) is 25.6 Å². The molecule has 0 bridgehead atoms. The lowest BCUT2D eigenvalue weighted by Gasteiger charge is -2.19. The molecule has 1 aromatic rings. The maximum atomic E-state index is 9.28. The Balaban J connectivity index is 2.00. The second kappa shape index (κ2) is 6.20. The molecule has 2 rings (SSSR count). The van der Waals surface area contributed by atoms with Gasteiger partial charge in [0.05, 0.1) is 7.11 Å². The molecule has 6 heteroatoms. The van der Waals surface area contributed by atoms with Gasteiger partial charge < -0.3 is 15.2 Å². The maximum Gasteiger partial charge on any atom is 0.198 e. The molecular formula is C12H18ClN3O2. The SMILES string of the molecule is COc1c(Cl)ncnc1NCC1CCCC1CO. The molecule has 0 spiro atoms. The second-order valence-electron chi connectivity index (χ2n) is 4.56. The van der Waals surface area contributed by atoms with E-state index in [0.717, 1.165) is 19.4 Å². The minimum Gasteiger partial charge on any atom is -0.490 e. The van der Waals surface area contributed by atoms with Gasteiger partial charge in [0.15, 0.2) is 16.7 Å². The Morgan fingerprint density at radius 2 is 2.22 bits per heavy atom. The van der Waals surface area contributed by atoms with Gasteiger partial charge in [-0.25, -0.2) is 9.97 Å². The van der Waals surface area contributed by atoms with Gasteiger partial charge in [0, 0.05) is 13.2 Å². The molecule has 2 atom stereocenters. The number of methoxy groups -OCH3 is 1.